The Morgan fingerprint density at radius 2 is 1.69 bits per heavy atom. The number of aldehydes is 1. The van der Waals surface area contributed by atoms with E-state index >= 15 is 0 Å². The summed E-state index contributed by atoms with van der Waals surface area (Å²) in [5.41, 5.74) is 3.91. The molecule has 2 unspecified atom stereocenters. The molecule has 0 saturated carbocycles. The van der Waals surface area contributed by atoms with Gasteiger partial charge in [-0.3, -0.25) is 24.6 Å². The summed E-state index contributed by atoms with van der Waals surface area (Å²) in [6, 6.07) is 29.6. The van der Waals surface area contributed by atoms with Crippen LogP contribution in [0.3, 0.4) is 0 Å². The van der Waals surface area contributed by atoms with Crippen LogP contribution in [0.4, 0.5) is 11.4 Å². The number of fused-ring (bicyclic) bond motifs is 4. The first-order chi connectivity index (χ1) is 28.3. The summed E-state index contributed by atoms with van der Waals surface area (Å²) >= 11 is 0. The highest BCUT2D eigenvalue weighted by atomic mass is 16.5. The number of hydrogen-bond donors (Lipinski definition) is 3. The number of benzene rings is 3. The molecule has 9 rings (SSSR count). The van der Waals surface area contributed by atoms with Crippen molar-refractivity contribution in [2.45, 2.75) is 50.6 Å². The zero-order valence-electron chi connectivity index (χ0n) is 33.6. The fourth-order valence-corrected chi connectivity index (χ4v) is 7.79. The molecule has 0 radical (unpaired) electrons. The molecule has 0 spiro atoms. The van der Waals surface area contributed by atoms with Crippen LogP contribution in [0.2, 0.25) is 0 Å². The van der Waals surface area contributed by atoms with Crippen LogP contribution in [-0.2, 0) is 16.0 Å². The number of phenolic OH excluding ortho intramolecular Hbond substituents is 1. The van der Waals surface area contributed by atoms with Gasteiger partial charge in [0.1, 0.15) is 35.2 Å². The fraction of sp³-hybridized carbons (Fsp3) is 0.422. The zero-order valence-corrected chi connectivity index (χ0v) is 33.6. The van der Waals surface area contributed by atoms with Gasteiger partial charge in [-0.15, -0.1) is 0 Å². The Bertz CT molecular complexity index is 1910. The van der Waals surface area contributed by atoms with Gasteiger partial charge in [0.2, 0.25) is 17.7 Å². The van der Waals surface area contributed by atoms with E-state index < -0.39 is 0 Å². The van der Waals surface area contributed by atoms with Gasteiger partial charge in [-0.2, -0.15) is 0 Å². The van der Waals surface area contributed by atoms with Gasteiger partial charge in [0.15, 0.2) is 6.29 Å². The number of ether oxygens (including phenoxy) is 3. The molecular formula is C45H56N6O7. The van der Waals surface area contributed by atoms with E-state index in [0.717, 1.165) is 88.1 Å². The Labute approximate surface area is 341 Å². The third-order valence-corrected chi connectivity index (χ3v) is 11.0. The van der Waals surface area contributed by atoms with Crippen molar-refractivity contribution in [2.75, 3.05) is 76.4 Å². The van der Waals surface area contributed by atoms with Crippen LogP contribution in [0.15, 0.2) is 91.0 Å². The molecule has 5 aliphatic rings. The van der Waals surface area contributed by atoms with Crippen LogP contribution in [0.5, 0.6) is 23.1 Å². The highest BCUT2D eigenvalue weighted by Gasteiger charge is 2.35. The maximum absolute atomic E-state index is 11.0. The van der Waals surface area contributed by atoms with E-state index in [0.29, 0.717) is 37.1 Å². The third kappa shape index (κ3) is 11.7. The summed E-state index contributed by atoms with van der Waals surface area (Å²) in [5, 5.41) is 14.2. The molecule has 13 heteroatoms. The van der Waals surface area contributed by atoms with Crippen LogP contribution in [0, 0.1) is 5.92 Å². The minimum atomic E-state index is -0.209. The second kappa shape index (κ2) is 21.2. The summed E-state index contributed by atoms with van der Waals surface area (Å²) in [6.45, 7) is 7.82. The van der Waals surface area contributed by atoms with Gasteiger partial charge in [-0.25, -0.2) is 4.98 Å². The van der Waals surface area contributed by atoms with Gasteiger partial charge in [0, 0.05) is 63.5 Å². The van der Waals surface area contributed by atoms with Crippen LogP contribution in [-0.4, -0.2) is 112 Å². The van der Waals surface area contributed by atoms with E-state index in [9.17, 15) is 14.4 Å². The topological polar surface area (TPSA) is 146 Å². The Hall–Kier alpha value is -5.66. The summed E-state index contributed by atoms with van der Waals surface area (Å²) in [4.78, 5) is 44.2. The molecule has 6 heterocycles. The van der Waals surface area contributed by atoms with E-state index in [2.05, 4.69) is 48.5 Å². The van der Waals surface area contributed by atoms with Gasteiger partial charge in [-0.1, -0.05) is 48.5 Å². The summed E-state index contributed by atoms with van der Waals surface area (Å²) in [6.07, 6.45) is 6.42. The number of rotatable bonds is 6. The standard InChI is InChI=1S/C24H30N4O3.C9H10O2.C6H10N2O2.C6H6/c1-30-22-4-2-3-20(13-22)27-9-7-18(8-10-27)14-26-11-12-28-21(15-26)17-31-24-23(28)6-5-19(16-29)25-24;10-8-4-3-7-2-1-5-11-9(7)6-8;1-7-4-2-3-5(9)8-6(4)10;1-2-4-6-5-3-1/h2-6,13,16,18,21H,7-12,14-15,17H2,1H3;3-4,6,10H,1-2,5H2;4,7H,2-3H2,1H3,(H,8,9,10);1-6H. The number of carbonyl (C=O) groups is 3. The fourth-order valence-electron chi connectivity index (χ4n) is 7.79. The second-order valence-corrected chi connectivity index (χ2v) is 14.9. The molecule has 3 aromatic carbocycles. The second-order valence-electron chi connectivity index (χ2n) is 14.9. The van der Waals surface area contributed by atoms with E-state index in [-0.39, 0.29) is 23.6 Å². The largest absolute Gasteiger partial charge is 0.508 e. The first kappa shape index (κ1) is 42.0. The lowest BCUT2D eigenvalue weighted by atomic mass is 9.95. The molecule has 1 aromatic heterocycles. The summed E-state index contributed by atoms with van der Waals surface area (Å²) in [5.74, 6) is 3.00. The van der Waals surface area contributed by atoms with Crippen LogP contribution < -0.4 is 34.6 Å². The number of carbonyl (C=O) groups excluding carboxylic acids is 3. The smallest absolute Gasteiger partial charge is 0.243 e. The van der Waals surface area contributed by atoms with Crippen molar-refractivity contribution in [3.8, 4) is 23.1 Å². The van der Waals surface area contributed by atoms with Crippen LogP contribution in [0.1, 0.15) is 48.2 Å². The van der Waals surface area contributed by atoms with Gasteiger partial charge in [0.05, 0.1) is 25.8 Å². The number of hydrogen-bond acceptors (Lipinski definition) is 12. The van der Waals surface area contributed by atoms with Crippen molar-refractivity contribution in [2.24, 2.45) is 5.92 Å². The van der Waals surface area contributed by atoms with Gasteiger partial charge in [0.25, 0.3) is 0 Å². The molecule has 5 aliphatic heterocycles. The molecule has 3 N–H and O–H groups in total. The van der Waals surface area contributed by atoms with Crippen molar-refractivity contribution in [3.63, 3.8) is 0 Å². The minimum Gasteiger partial charge on any atom is -0.508 e. The maximum Gasteiger partial charge on any atom is 0.243 e. The quantitative estimate of drug-likeness (QED) is 0.176. The molecule has 4 aromatic rings. The first-order valence-corrected chi connectivity index (χ1v) is 20.3. The number of piperazine rings is 1. The average Bonchev–Trinajstić information content (AvgIpc) is 3.27. The van der Waals surface area contributed by atoms with E-state index in [1.807, 2.05) is 54.6 Å². The number of pyridine rings is 1. The predicted octanol–water partition coefficient (Wildman–Crippen LogP) is 5.12. The Kier molecular flexibility index (Phi) is 15.3. The first-order valence-electron chi connectivity index (χ1n) is 20.3. The molecule has 308 valence electrons. The molecule has 0 aliphatic carbocycles. The number of amides is 2. The van der Waals surface area contributed by atoms with E-state index in [4.69, 9.17) is 19.3 Å². The Morgan fingerprint density at radius 1 is 0.914 bits per heavy atom. The number of phenols is 1. The highest BCUT2D eigenvalue weighted by molar-refractivity contribution is 6.00. The summed E-state index contributed by atoms with van der Waals surface area (Å²) < 4.78 is 16.6. The highest BCUT2D eigenvalue weighted by Crippen LogP contribution is 2.34. The number of nitrogens with zero attached hydrogens (tertiary/aromatic N) is 4. The number of likely N-dealkylation sites (N-methyl/N-ethyl adjacent to an activating group) is 1. The predicted molar refractivity (Wildman–Crippen MR) is 224 cm³/mol. The number of methoxy groups -OCH3 is 1. The number of anilines is 2. The van der Waals surface area contributed by atoms with Crippen molar-refractivity contribution in [1.29, 1.82) is 0 Å². The third-order valence-electron chi connectivity index (χ3n) is 11.0. The number of nitrogens with one attached hydrogen (secondary N) is 2. The van der Waals surface area contributed by atoms with Gasteiger partial charge < -0.3 is 34.4 Å². The lowest BCUT2D eigenvalue weighted by molar-refractivity contribution is -0.134. The molecule has 2 atom stereocenters. The normalized spacial score (nSPS) is 19.9. The number of piperidine rings is 2. The Balaban J connectivity index is 0.000000169. The molecule has 3 saturated heterocycles. The number of imide groups is 1. The zero-order chi connectivity index (χ0) is 40.7. The molecule has 3 fully saturated rings. The number of aromatic nitrogens is 1. The van der Waals surface area contributed by atoms with Gasteiger partial charge in [-0.05, 0) is 81.0 Å². The maximum atomic E-state index is 11.0. The van der Waals surface area contributed by atoms with E-state index in [1.165, 1.54) is 24.1 Å². The Morgan fingerprint density at radius 3 is 2.40 bits per heavy atom. The average molecular weight is 793 g/mol. The minimum absolute atomic E-state index is 0.170. The SMILES string of the molecule is CNC1CCC(=O)NC1=O.COc1cccc(N2CCC(CN3CCN4c5ccc(C=O)nc5OCC4C3)CC2)c1.Oc1ccc2c(c1)OCCC2.c1ccccc1. The molecular weight excluding hydrogens is 737 g/mol. The van der Waals surface area contributed by atoms with Crippen molar-refractivity contribution in [3.05, 3.63) is 102 Å². The molecule has 58 heavy (non-hydrogen) atoms. The molecule has 2 amide bonds. The monoisotopic (exact) mass is 792 g/mol. The van der Waals surface area contributed by atoms with Crippen molar-refractivity contribution < 1.29 is 33.7 Å². The van der Waals surface area contributed by atoms with Crippen molar-refractivity contribution >= 4 is 29.5 Å². The van der Waals surface area contributed by atoms with Gasteiger partial charge >= 0.3 is 0 Å². The number of aryl methyl sites for hydroxylation is 1. The molecule has 13 nitrogen and oxygen atoms in total. The summed E-state index contributed by atoms with van der Waals surface area (Å²) in [7, 11) is 3.43. The number of aromatic hydroxyl groups is 1. The lowest BCUT2D eigenvalue weighted by Gasteiger charge is -2.46. The van der Waals surface area contributed by atoms with Crippen LogP contribution in [0.25, 0.3) is 0 Å². The lowest BCUT2D eigenvalue weighted by Crippen LogP contribution is -2.58. The molecule has 0 bridgehead atoms. The van der Waals surface area contributed by atoms with E-state index in [1.54, 1.807) is 32.4 Å². The van der Waals surface area contributed by atoms with Crippen molar-refractivity contribution in [1.82, 2.24) is 20.5 Å². The van der Waals surface area contributed by atoms with Crippen LogP contribution >= 0.6 is 0 Å².